The maximum Gasteiger partial charge on any atom is 0.483 e. The van der Waals surface area contributed by atoms with Crippen molar-refractivity contribution >= 4 is 13.1 Å². The Morgan fingerprint density at radius 2 is 2.29 bits per heavy atom. The van der Waals surface area contributed by atoms with E-state index in [0.29, 0.717) is 18.3 Å². The van der Waals surface area contributed by atoms with Crippen molar-refractivity contribution < 1.29 is 19.6 Å². The van der Waals surface area contributed by atoms with Gasteiger partial charge in [0.25, 0.3) is 0 Å². The normalized spacial score (nSPS) is 26.7. The van der Waals surface area contributed by atoms with E-state index in [1.165, 1.54) is 7.11 Å². The zero-order valence-corrected chi connectivity index (χ0v) is 8.43. The van der Waals surface area contributed by atoms with Gasteiger partial charge in [0.15, 0.2) is 0 Å². The van der Waals surface area contributed by atoms with Crippen LogP contribution in [0.1, 0.15) is 19.8 Å². The molecule has 1 rings (SSSR count). The van der Waals surface area contributed by atoms with E-state index in [9.17, 15) is 4.79 Å². The Kier molecular flexibility index (Phi) is 3.72. The van der Waals surface area contributed by atoms with Crippen LogP contribution in [0.25, 0.3) is 0 Å². The van der Waals surface area contributed by atoms with Crippen molar-refractivity contribution in [1.82, 2.24) is 0 Å². The molecule has 0 radical (unpaired) electrons. The number of hydrogen-bond acceptors (Lipinski definition) is 4. The van der Waals surface area contributed by atoms with Crippen LogP contribution in [0.3, 0.4) is 0 Å². The van der Waals surface area contributed by atoms with Gasteiger partial charge in [0, 0.05) is 0 Å². The quantitative estimate of drug-likeness (QED) is 0.489. The second kappa shape index (κ2) is 4.62. The lowest BCUT2D eigenvalue weighted by Gasteiger charge is -2.25. The first-order valence-electron chi connectivity index (χ1n) is 4.70. The van der Waals surface area contributed by atoms with Crippen LogP contribution in [0.2, 0.25) is 0 Å². The Balaban J connectivity index is 2.69. The number of hydrogen-bond donors (Lipinski definition) is 2. The van der Waals surface area contributed by atoms with Crippen molar-refractivity contribution in [3.05, 3.63) is 11.5 Å². The summed E-state index contributed by atoms with van der Waals surface area (Å²) in [6.07, 6.45) is 2.91. The zero-order chi connectivity index (χ0) is 10.7. The first-order valence-corrected chi connectivity index (χ1v) is 4.70. The Morgan fingerprint density at radius 1 is 1.64 bits per heavy atom. The van der Waals surface area contributed by atoms with Gasteiger partial charge in [-0.1, -0.05) is 13.0 Å². The molecule has 2 atom stereocenters. The molecular formula is C9H15BO4. The summed E-state index contributed by atoms with van der Waals surface area (Å²) in [6.45, 7) is 1.88. The molecular weight excluding hydrogens is 183 g/mol. The van der Waals surface area contributed by atoms with Gasteiger partial charge in [-0.15, -0.1) is 0 Å². The highest BCUT2D eigenvalue weighted by atomic mass is 16.5. The Morgan fingerprint density at radius 3 is 2.71 bits per heavy atom. The molecule has 0 spiro atoms. The third-order valence-electron chi connectivity index (χ3n) is 2.69. The van der Waals surface area contributed by atoms with Crippen LogP contribution in [0, 0.1) is 11.8 Å². The van der Waals surface area contributed by atoms with E-state index in [2.05, 4.69) is 4.74 Å². The molecule has 1 aliphatic carbocycles. The van der Waals surface area contributed by atoms with Crippen molar-refractivity contribution in [2.24, 2.45) is 11.8 Å². The number of carbonyl (C=O) groups excluding carboxylic acids is 1. The SMILES string of the molecule is COC(=O)C1CCC(B(O)O)=CC1C. The molecule has 0 amide bonds. The molecule has 0 aromatic rings. The summed E-state index contributed by atoms with van der Waals surface area (Å²) in [5.74, 6) is -0.365. The van der Waals surface area contributed by atoms with E-state index in [4.69, 9.17) is 10.0 Å². The number of allylic oxidation sites excluding steroid dienone is 2. The van der Waals surface area contributed by atoms with E-state index < -0.39 is 7.12 Å². The molecule has 1 aliphatic rings. The molecule has 0 aromatic heterocycles. The van der Waals surface area contributed by atoms with Gasteiger partial charge in [0.1, 0.15) is 0 Å². The third-order valence-corrected chi connectivity index (χ3v) is 2.69. The molecule has 2 N–H and O–H groups in total. The molecule has 0 fully saturated rings. The van der Waals surface area contributed by atoms with Gasteiger partial charge in [0.2, 0.25) is 0 Å². The summed E-state index contributed by atoms with van der Waals surface area (Å²) in [7, 11) is -0.0223. The molecule has 0 saturated carbocycles. The first-order chi connectivity index (χ1) is 6.56. The van der Waals surface area contributed by atoms with Crippen LogP contribution in [-0.2, 0) is 9.53 Å². The maximum absolute atomic E-state index is 11.3. The van der Waals surface area contributed by atoms with Crippen LogP contribution in [0.5, 0.6) is 0 Å². The topological polar surface area (TPSA) is 66.8 Å². The minimum Gasteiger partial charge on any atom is -0.469 e. The Hall–Kier alpha value is -0.805. The van der Waals surface area contributed by atoms with E-state index in [0.717, 1.165) is 0 Å². The van der Waals surface area contributed by atoms with Crippen LogP contribution in [-0.4, -0.2) is 30.2 Å². The van der Waals surface area contributed by atoms with Gasteiger partial charge in [-0.05, 0) is 24.2 Å². The first kappa shape index (κ1) is 11.3. The highest BCUT2D eigenvalue weighted by molar-refractivity contribution is 6.50. The van der Waals surface area contributed by atoms with Crippen LogP contribution in [0.15, 0.2) is 11.5 Å². The molecule has 14 heavy (non-hydrogen) atoms. The summed E-state index contributed by atoms with van der Waals surface area (Å²) in [5.41, 5.74) is 0.595. The Bertz CT molecular complexity index is 249. The smallest absolute Gasteiger partial charge is 0.469 e. The maximum atomic E-state index is 11.3. The van der Waals surface area contributed by atoms with Crippen molar-refractivity contribution in [3.63, 3.8) is 0 Å². The number of carbonyl (C=O) groups is 1. The number of ether oxygens (including phenoxy) is 1. The van der Waals surface area contributed by atoms with Gasteiger partial charge in [-0.25, -0.2) is 0 Å². The lowest BCUT2D eigenvalue weighted by Crippen LogP contribution is -2.29. The van der Waals surface area contributed by atoms with Gasteiger partial charge < -0.3 is 14.8 Å². The van der Waals surface area contributed by atoms with E-state index >= 15 is 0 Å². The van der Waals surface area contributed by atoms with Crippen molar-refractivity contribution in [1.29, 1.82) is 0 Å². The summed E-state index contributed by atoms with van der Waals surface area (Å²) >= 11 is 0. The molecule has 2 unspecified atom stereocenters. The average molecular weight is 198 g/mol. The number of rotatable bonds is 2. The molecule has 4 nitrogen and oxygen atoms in total. The second-order valence-corrected chi connectivity index (χ2v) is 3.64. The molecule has 0 saturated heterocycles. The molecule has 0 aliphatic heterocycles. The standard InChI is InChI=1S/C9H15BO4/c1-6-5-7(10(12)13)3-4-8(6)9(11)14-2/h5-6,8,12-13H,3-4H2,1-2H3. The number of esters is 1. The highest BCUT2D eigenvalue weighted by Gasteiger charge is 2.31. The minimum absolute atomic E-state index is 0.00741. The lowest BCUT2D eigenvalue weighted by atomic mass is 9.68. The fourth-order valence-electron chi connectivity index (χ4n) is 1.82. The van der Waals surface area contributed by atoms with Crippen molar-refractivity contribution in [2.45, 2.75) is 19.8 Å². The fraction of sp³-hybridized carbons (Fsp3) is 0.667. The van der Waals surface area contributed by atoms with E-state index in [1.807, 2.05) is 6.92 Å². The zero-order valence-electron chi connectivity index (χ0n) is 8.43. The molecule has 0 heterocycles. The van der Waals surface area contributed by atoms with E-state index in [1.54, 1.807) is 6.08 Å². The largest absolute Gasteiger partial charge is 0.483 e. The summed E-state index contributed by atoms with van der Waals surface area (Å²) in [5, 5.41) is 17.9. The summed E-state index contributed by atoms with van der Waals surface area (Å²) in [4.78, 5) is 11.3. The van der Waals surface area contributed by atoms with Crippen LogP contribution < -0.4 is 0 Å². The number of methoxy groups -OCH3 is 1. The van der Waals surface area contributed by atoms with Crippen LogP contribution in [0.4, 0.5) is 0 Å². The van der Waals surface area contributed by atoms with E-state index in [-0.39, 0.29) is 17.8 Å². The third kappa shape index (κ3) is 2.36. The average Bonchev–Trinajstić information content (AvgIpc) is 2.16. The lowest BCUT2D eigenvalue weighted by molar-refractivity contribution is -0.147. The Labute approximate surface area is 83.7 Å². The summed E-state index contributed by atoms with van der Waals surface area (Å²) in [6, 6.07) is 0. The van der Waals surface area contributed by atoms with Crippen molar-refractivity contribution in [3.8, 4) is 0 Å². The highest BCUT2D eigenvalue weighted by Crippen LogP contribution is 2.29. The second-order valence-electron chi connectivity index (χ2n) is 3.64. The van der Waals surface area contributed by atoms with Gasteiger partial charge >= 0.3 is 13.1 Å². The monoisotopic (exact) mass is 198 g/mol. The fourth-order valence-corrected chi connectivity index (χ4v) is 1.82. The predicted molar refractivity (Wildman–Crippen MR) is 52.2 cm³/mol. The van der Waals surface area contributed by atoms with Gasteiger partial charge in [0.05, 0.1) is 13.0 Å². The molecule has 78 valence electrons. The van der Waals surface area contributed by atoms with Gasteiger partial charge in [-0.2, -0.15) is 0 Å². The van der Waals surface area contributed by atoms with Gasteiger partial charge in [-0.3, -0.25) is 4.79 Å². The molecule has 5 heteroatoms. The minimum atomic E-state index is -1.39. The predicted octanol–water partition coefficient (Wildman–Crippen LogP) is 0.144. The van der Waals surface area contributed by atoms with Crippen molar-refractivity contribution in [2.75, 3.05) is 7.11 Å². The van der Waals surface area contributed by atoms with Crippen LogP contribution >= 0.6 is 0 Å². The summed E-state index contributed by atoms with van der Waals surface area (Å²) < 4.78 is 4.66. The molecule has 0 aromatic carbocycles. The molecule has 0 bridgehead atoms.